The molecule has 2 N–H and O–H groups in total. The summed E-state index contributed by atoms with van der Waals surface area (Å²) in [4.78, 5) is 0. The summed E-state index contributed by atoms with van der Waals surface area (Å²) in [6, 6.07) is 0.349. The summed E-state index contributed by atoms with van der Waals surface area (Å²) in [7, 11) is 0. The molecule has 1 nitrogen and oxygen atoms in total. The molecular weight excluding hydrogens is 146 g/mol. The molecule has 0 aromatic carbocycles. The van der Waals surface area contributed by atoms with Gasteiger partial charge < -0.3 is 5.73 Å². The number of nitrogens with two attached hydrogens (primary N) is 1. The average molecular weight is 171 g/mol. The normalized spacial score (nSPS) is 15.2. The van der Waals surface area contributed by atoms with Crippen molar-refractivity contribution in [2.45, 2.75) is 59.9 Å². The van der Waals surface area contributed by atoms with Gasteiger partial charge in [-0.1, -0.05) is 47.5 Å². The molecule has 74 valence electrons. The number of rotatable bonds is 4. The summed E-state index contributed by atoms with van der Waals surface area (Å²) < 4.78 is 0. The van der Waals surface area contributed by atoms with E-state index in [0.717, 1.165) is 5.92 Å². The highest BCUT2D eigenvalue weighted by atomic mass is 14.7. The van der Waals surface area contributed by atoms with E-state index in [1.54, 1.807) is 0 Å². The van der Waals surface area contributed by atoms with Gasteiger partial charge in [-0.25, -0.2) is 0 Å². The van der Waals surface area contributed by atoms with E-state index in [1.807, 2.05) is 0 Å². The lowest BCUT2D eigenvalue weighted by molar-refractivity contribution is 0.262. The Kier molecular flexibility index (Phi) is 4.84. The van der Waals surface area contributed by atoms with Crippen molar-refractivity contribution in [2.24, 2.45) is 17.1 Å². The molecule has 0 aromatic heterocycles. The van der Waals surface area contributed by atoms with E-state index in [9.17, 15) is 0 Å². The molecule has 0 saturated heterocycles. The van der Waals surface area contributed by atoms with E-state index in [4.69, 9.17) is 5.73 Å². The Morgan fingerprint density at radius 2 is 1.50 bits per heavy atom. The Hall–Kier alpha value is -0.0400. The van der Waals surface area contributed by atoms with Gasteiger partial charge in [-0.2, -0.15) is 0 Å². The average Bonchev–Trinajstić information content (AvgIpc) is 1.97. The Balaban J connectivity index is 3.90. The van der Waals surface area contributed by atoms with E-state index >= 15 is 0 Å². The molecule has 0 saturated carbocycles. The van der Waals surface area contributed by atoms with E-state index in [1.165, 1.54) is 19.3 Å². The highest BCUT2D eigenvalue weighted by Crippen LogP contribution is 2.25. The van der Waals surface area contributed by atoms with Crippen LogP contribution in [0.1, 0.15) is 53.9 Å². The smallest absolute Gasteiger partial charge is 0.00902 e. The van der Waals surface area contributed by atoms with Gasteiger partial charge in [-0.3, -0.25) is 0 Å². The summed E-state index contributed by atoms with van der Waals surface area (Å²) in [6.07, 6.45) is 3.71. The van der Waals surface area contributed by atoms with Gasteiger partial charge in [0.15, 0.2) is 0 Å². The zero-order chi connectivity index (χ0) is 9.78. The van der Waals surface area contributed by atoms with Crippen LogP contribution in [0.2, 0.25) is 0 Å². The molecule has 0 fully saturated rings. The van der Waals surface area contributed by atoms with Gasteiger partial charge in [0, 0.05) is 6.04 Å². The second-order valence-electron chi connectivity index (χ2n) is 4.89. The SMILES string of the molecule is CCC(CC)CC(N)C(C)(C)C. The minimum atomic E-state index is 0.266. The summed E-state index contributed by atoms with van der Waals surface area (Å²) in [5.74, 6) is 0.819. The molecule has 0 spiro atoms. The van der Waals surface area contributed by atoms with Gasteiger partial charge in [0.05, 0.1) is 0 Å². The highest BCUT2D eigenvalue weighted by molar-refractivity contribution is 4.78. The van der Waals surface area contributed by atoms with Crippen LogP contribution >= 0.6 is 0 Å². The Bertz CT molecular complexity index is 109. The zero-order valence-corrected chi connectivity index (χ0v) is 9.35. The first-order valence-corrected chi connectivity index (χ1v) is 5.17. The Labute approximate surface area is 77.7 Å². The van der Waals surface area contributed by atoms with Crippen LogP contribution in [-0.4, -0.2) is 6.04 Å². The van der Waals surface area contributed by atoms with E-state index in [-0.39, 0.29) is 5.41 Å². The maximum atomic E-state index is 6.10. The topological polar surface area (TPSA) is 26.0 Å². The van der Waals surface area contributed by atoms with Crippen molar-refractivity contribution in [3.05, 3.63) is 0 Å². The van der Waals surface area contributed by atoms with Crippen molar-refractivity contribution in [1.29, 1.82) is 0 Å². The third kappa shape index (κ3) is 4.10. The van der Waals surface area contributed by atoms with E-state index in [0.29, 0.717) is 6.04 Å². The lowest BCUT2D eigenvalue weighted by atomic mass is 9.81. The minimum Gasteiger partial charge on any atom is -0.327 e. The van der Waals surface area contributed by atoms with Crippen molar-refractivity contribution >= 4 is 0 Å². The first-order chi connectivity index (χ1) is 5.41. The van der Waals surface area contributed by atoms with Gasteiger partial charge >= 0.3 is 0 Å². The molecule has 0 radical (unpaired) electrons. The van der Waals surface area contributed by atoms with Crippen LogP contribution < -0.4 is 5.73 Å². The van der Waals surface area contributed by atoms with Gasteiger partial charge in [-0.05, 0) is 17.8 Å². The molecule has 1 heteroatoms. The predicted molar refractivity (Wildman–Crippen MR) is 56.1 cm³/mol. The summed E-state index contributed by atoms with van der Waals surface area (Å²) in [6.45, 7) is 11.2. The van der Waals surface area contributed by atoms with Gasteiger partial charge in [0.25, 0.3) is 0 Å². The molecular formula is C11H25N. The molecule has 0 aromatic rings. The lowest BCUT2D eigenvalue weighted by Crippen LogP contribution is -2.36. The molecule has 0 heterocycles. The Morgan fingerprint density at radius 1 is 1.08 bits per heavy atom. The standard InChI is InChI=1S/C11H25N/c1-6-9(7-2)8-10(12)11(3,4)5/h9-10H,6-8,12H2,1-5H3. The second-order valence-corrected chi connectivity index (χ2v) is 4.89. The molecule has 1 unspecified atom stereocenters. The predicted octanol–water partition coefficient (Wildman–Crippen LogP) is 3.19. The van der Waals surface area contributed by atoms with Crippen LogP contribution in [0.25, 0.3) is 0 Å². The Morgan fingerprint density at radius 3 is 1.75 bits per heavy atom. The van der Waals surface area contributed by atoms with Crippen LogP contribution in [0.4, 0.5) is 0 Å². The molecule has 0 amide bonds. The maximum absolute atomic E-state index is 6.10. The minimum absolute atomic E-state index is 0.266. The second kappa shape index (κ2) is 4.86. The van der Waals surface area contributed by atoms with Crippen LogP contribution in [-0.2, 0) is 0 Å². The quantitative estimate of drug-likeness (QED) is 0.690. The van der Waals surface area contributed by atoms with Crippen molar-refractivity contribution in [1.82, 2.24) is 0 Å². The lowest BCUT2D eigenvalue weighted by Gasteiger charge is -2.29. The molecule has 0 aliphatic rings. The van der Waals surface area contributed by atoms with Crippen LogP contribution in [0.5, 0.6) is 0 Å². The molecule has 12 heavy (non-hydrogen) atoms. The highest BCUT2D eigenvalue weighted by Gasteiger charge is 2.22. The van der Waals surface area contributed by atoms with E-state index in [2.05, 4.69) is 34.6 Å². The monoisotopic (exact) mass is 171 g/mol. The summed E-state index contributed by atoms with van der Waals surface area (Å²) in [5.41, 5.74) is 6.37. The summed E-state index contributed by atoms with van der Waals surface area (Å²) in [5, 5.41) is 0. The molecule has 1 atom stereocenters. The largest absolute Gasteiger partial charge is 0.327 e. The van der Waals surface area contributed by atoms with Crippen molar-refractivity contribution in [3.8, 4) is 0 Å². The first kappa shape index (κ1) is 12.0. The maximum Gasteiger partial charge on any atom is 0.00902 e. The fourth-order valence-corrected chi connectivity index (χ4v) is 1.33. The van der Waals surface area contributed by atoms with Crippen LogP contribution in [0.3, 0.4) is 0 Å². The van der Waals surface area contributed by atoms with Crippen molar-refractivity contribution < 1.29 is 0 Å². The molecule has 0 aliphatic carbocycles. The van der Waals surface area contributed by atoms with E-state index < -0.39 is 0 Å². The number of hydrogen-bond donors (Lipinski definition) is 1. The van der Waals surface area contributed by atoms with Crippen LogP contribution in [0.15, 0.2) is 0 Å². The third-order valence-electron chi connectivity index (χ3n) is 2.85. The van der Waals surface area contributed by atoms with Crippen molar-refractivity contribution in [2.75, 3.05) is 0 Å². The third-order valence-corrected chi connectivity index (χ3v) is 2.85. The molecule has 0 bridgehead atoms. The van der Waals surface area contributed by atoms with Crippen LogP contribution in [0, 0.1) is 11.3 Å². The fourth-order valence-electron chi connectivity index (χ4n) is 1.33. The first-order valence-electron chi connectivity index (χ1n) is 5.17. The fraction of sp³-hybridized carbons (Fsp3) is 1.00. The van der Waals surface area contributed by atoms with Gasteiger partial charge in [-0.15, -0.1) is 0 Å². The van der Waals surface area contributed by atoms with Gasteiger partial charge in [0.2, 0.25) is 0 Å². The zero-order valence-electron chi connectivity index (χ0n) is 9.35. The van der Waals surface area contributed by atoms with Crippen molar-refractivity contribution in [3.63, 3.8) is 0 Å². The number of hydrogen-bond acceptors (Lipinski definition) is 1. The van der Waals surface area contributed by atoms with Gasteiger partial charge in [0.1, 0.15) is 0 Å². The molecule has 0 aliphatic heterocycles. The summed E-state index contributed by atoms with van der Waals surface area (Å²) >= 11 is 0. The molecule has 0 rings (SSSR count).